The second-order valence-corrected chi connectivity index (χ2v) is 10.3. The molecule has 0 unspecified atom stereocenters. The van der Waals surface area contributed by atoms with Gasteiger partial charge in [0.25, 0.3) is 5.91 Å². The zero-order chi connectivity index (χ0) is 25.8. The third kappa shape index (κ3) is 4.52. The maximum absolute atomic E-state index is 14.7. The molecule has 186 valence electrons. The lowest BCUT2D eigenvalue weighted by Crippen LogP contribution is -2.14. The summed E-state index contributed by atoms with van der Waals surface area (Å²) in [5.41, 5.74) is 1.23. The summed E-state index contributed by atoms with van der Waals surface area (Å²) in [6, 6.07) is 10.7. The van der Waals surface area contributed by atoms with Gasteiger partial charge < -0.3 is 5.32 Å². The van der Waals surface area contributed by atoms with Gasteiger partial charge in [-0.1, -0.05) is 25.5 Å². The zero-order valence-corrected chi connectivity index (χ0v) is 18.8. The van der Waals surface area contributed by atoms with Crippen LogP contribution in [-0.4, -0.2) is 25.1 Å². The van der Waals surface area contributed by atoms with Gasteiger partial charge in [0.05, 0.1) is 11.4 Å². The quantitative estimate of drug-likeness (QED) is 0.247. The van der Waals surface area contributed by atoms with Crippen LogP contribution in [0.25, 0.3) is 22.6 Å². The van der Waals surface area contributed by atoms with E-state index < -0.39 is 32.4 Å². The summed E-state index contributed by atoms with van der Waals surface area (Å²) in [4.78, 5) is 14.4. The monoisotopic (exact) mass is 523 g/mol. The molecule has 6 nitrogen and oxygen atoms in total. The number of benzene rings is 2. The maximum atomic E-state index is 14.7. The molecule has 1 N–H and O–H groups in total. The van der Waals surface area contributed by atoms with E-state index in [-0.39, 0.29) is 23.5 Å². The van der Waals surface area contributed by atoms with Crippen molar-refractivity contribution in [3.8, 4) is 16.9 Å². The van der Waals surface area contributed by atoms with Crippen LogP contribution in [0, 0.1) is 5.82 Å². The normalized spacial score (nSPS) is 13.8. The smallest absolute Gasteiger partial charge is 0.310 e. The standard InChI is InChI=1S/C23H15F6N5OS/c24-19-7-6-17(31-23(35)15-3-1-5-18(11-15)36(25,26,27,28)29)12-21(19)33-9-10-34-22(33)13-20(32-34)16-4-2-8-30-14-16/h1-14H,(H,31,35). The highest BCUT2D eigenvalue weighted by Crippen LogP contribution is 3.02. The van der Waals surface area contributed by atoms with E-state index in [0.717, 1.165) is 17.7 Å². The summed E-state index contributed by atoms with van der Waals surface area (Å²) < 4.78 is 83.3. The molecule has 13 heteroatoms. The molecule has 0 bridgehead atoms. The molecule has 2 aromatic carbocycles. The van der Waals surface area contributed by atoms with Gasteiger partial charge in [0.2, 0.25) is 0 Å². The Morgan fingerprint density at radius 3 is 2.44 bits per heavy atom. The largest absolute Gasteiger partial charge is 0.322 e. The molecular formula is C23H15F6N5OS. The fraction of sp³-hybridized carbons (Fsp3) is 0. The van der Waals surface area contributed by atoms with E-state index >= 15 is 0 Å². The molecule has 5 rings (SSSR count). The van der Waals surface area contributed by atoms with E-state index in [0.29, 0.717) is 17.4 Å². The van der Waals surface area contributed by atoms with Crippen molar-refractivity contribution < 1.29 is 28.6 Å². The van der Waals surface area contributed by atoms with Crippen LogP contribution in [0.1, 0.15) is 10.4 Å². The minimum Gasteiger partial charge on any atom is -0.322 e. The minimum absolute atomic E-state index is 0.0150. The number of imidazole rings is 1. The first-order valence-corrected chi connectivity index (χ1v) is 12.2. The molecule has 1 amide bonds. The van der Waals surface area contributed by atoms with Crippen LogP contribution < -0.4 is 5.32 Å². The number of carbonyl (C=O) groups excluding carboxylic acids is 1. The van der Waals surface area contributed by atoms with Gasteiger partial charge in [-0.3, -0.25) is 14.3 Å². The highest BCUT2D eigenvalue weighted by Gasteiger charge is 2.65. The number of aromatic nitrogens is 4. The van der Waals surface area contributed by atoms with Crippen LogP contribution in [0.2, 0.25) is 0 Å². The van der Waals surface area contributed by atoms with Crippen molar-refractivity contribution in [3.63, 3.8) is 0 Å². The van der Waals surface area contributed by atoms with Crippen molar-refractivity contribution in [3.05, 3.63) is 96.8 Å². The second kappa shape index (κ2) is 7.37. The first kappa shape index (κ1) is 23.5. The van der Waals surface area contributed by atoms with Gasteiger partial charge in [-0.2, -0.15) is 5.10 Å². The first-order valence-electron chi connectivity index (χ1n) is 10.2. The Kier molecular flexibility index (Phi) is 4.81. The predicted octanol–water partition coefficient (Wildman–Crippen LogP) is 7.24. The topological polar surface area (TPSA) is 64.2 Å². The van der Waals surface area contributed by atoms with Crippen LogP contribution in [-0.2, 0) is 0 Å². The van der Waals surface area contributed by atoms with Crippen LogP contribution in [0.5, 0.6) is 0 Å². The van der Waals surface area contributed by atoms with Gasteiger partial charge in [-0.25, -0.2) is 8.91 Å². The number of pyridine rings is 1. The first-order chi connectivity index (χ1) is 16.8. The summed E-state index contributed by atoms with van der Waals surface area (Å²) in [6.45, 7) is 0. The Hall–Kier alpha value is -4.26. The Morgan fingerprint density at radius 1 is 0.917 bits per heavy atom. The number of anilines is 1. The summed E-state index contributed by atoms with van der Waals surface area (Å²) in [5, 5.41) is 6.74. The average molecular weight is 523 g/mol. The fourth-order valence-electron chi connectivity index (χ4n) is 3.60. The molecule has 3 heterocycles. The lowest BCUT2D eigenvalue weighted by Gasteiger charge is -2.40. The summed E-state index contributed by atoms with van der Waals surface area (Å²) >= 11 is 0. The van der Waals surface area contributed by atoms with Crippen LogP contribution in [0.15, 0.2) is 90.3 Å². The van der Waals surface area contributed by atoms with E-state index in [1.807, 2.05) is 0 Å². The Labute approximate surface area is 199 Å². The second-order valence-electron chi connectivity index (χ2n) is 7.86. The number of hydrogen-bond donors (Lipinski definition) is 1. The van der Waals surface area contributed by atoms with Crippen molar-refractivity contribution in [2.45, 2.75) is 4.90 Å². The van der Waals surface area contributed by atoms with E-state index in [9.17, 15) is 28.6 Å². The molecule has 0 aliphatic rings. The highest BCUT2D eigenvalue weighted by molar-refractivity contribution is 8.45. The third-order valence-corrected chi connectivity index (χ3v) is 6.43. The lowest BCUT2D eigenvalue weighted by atomic mass is 10.2. The molecule has 0 atom stereocenters. The van der Waals surface area contributed by atoms with Crippen molar-refractivity contribution in [2.24, 2.45) is 0 Å². The van der Waals surface area contributed by atoms with Crippen molar-refractivity contribution >= 4 is 27.5 Å². The fourth-order valence-corrected chi connectivity index (χ4v) is 4.28. The summed E-state index contributed by atoms with van der Waals surface area (Å²) in [6.07, 6.45) is 6.36. The molecule has 3 aromatic heterocycles. The molecule has 0 spiro atoms. The van der Waals surface area contributed by atoms with Crippen LogP contribution >= 0.6 is 10.2 Å². The van der Waals surface area contributed by atoms with E-state index in [1.54, 1.807) is 36.8 Å². The van der Waals surface area contributed by atoms with Gasteiger partial charge in [0.15, 0.2) is 0 Å². The number of halogens is 6. The molecule has 0 fully saturated rings. The van der Waals surface area contributed by atoms with Crippen molar-refractivity contribution in [1.82, 2.24) is 19.2 Å². The van der Waals surface area contributed by atoms with Gasteiger partial charge >= 0.3 is 10.2 Å². The minimum atomic E-state index is -9.97. The summed E-state index contributed by atoms with van der Waals surface area (Å²) in [5.74, 6) is -1.73. The molecule has 5 aromatic rings. The third-order valence-electron chi connectivity index (χ3n) is 5.28. The number of carbonyl (C=O) groups is 1. The van der Waals surface area contributed by atoms with Gasteiger partial charge in [-0.05, 0) is 48.5 Å². The van der Waals surface area contributed by atoms with Crippen molar-refractivity contribution in [2.75, 3.05) is 5.32 Å². The number of rotatable bonds is 5. The van der Waals surface area contributed by atoms with E-state index in [1.165, 1.54) is 27.4 Å². The van der Waals surface area contributed by atoms with Gasteiger partial charge in [0.1, 0.15) is 16.4 Å². The van der Waals surface area contributed by atoms with Crippen LogP contribution in [0.4, 0.5) is 29.5 Å². The average Bonchev–Trinajstić information content (AvgIpc) is 3.41. The SMILES string of the molecule is O=C(Nc1ccc(F)c(-n2ccn3nc(-c4cccnc4)cc23)c1)c1cccc(S(F)(F)(F)(F)F)c1. The number of hydrogen-bond acceptors (Lipinski definition) is 3. The zero-order valence-electron chi connectivity index (χ0n) is 18.0. The lowest BCUT2D eigenvalue weighted by molar-refractivity contribution is 0.102. The van der Waals surface area contributed by atoms with E-state index in [4.69, 9.17) is 0 Å². The predicted molar refractivity (Wildman–Crippen MR) is 124 cm³/mol. The van der Waals surface area contributed by atoms with Gasteiger partial charge in [-0.15, -0.1) is 0 Å². The highest BCUT2D eigenvalue weighted by atomic mass is 32.5. The summed E-state index contributed by atoms with van der Waals surface area (Å²) in [7, 11) is -9.97. The molecular weight excluding hydrogens is 508 g/mol. The molecule has 0 radical (unpaired) electrons. The number of nitrogens with zero attached hydrogens (tertiary/aromatic N) is 4. The number of nitrogens with one attached hydrogen (secondary N) is 1. The Bertz CT molecular complexity index is 1630. The maximum Gasteiger partial charge on any atom is 0.310 e. The van der Waals surface area contributed by atoms with Gasteiger partial charge in [0, 0.05) is 47.7 Å². The van der Waals surface area contributed by atoms with E-state index in [2.05, 4.69) is 15.4 Å². The Balaban J connectivity index is 1.47. The van der Waals surface area contributed by atoms with Crippen molar-refractivity contribution in [1.29, 1.82) is 0 Å². The number of fused-ring (bicyclic) bond motifs is 1. The molecule has 36 heavy (non-hydrogen) atoms. The molecule has 0 saturated carbocycles. The number of amides is 1. The molecule has 0 saturated heterocycles. The molecule has 0 aliphatic heterocycles. The Morgan fingerprint density at radius 2 is 1.72 bits per heavy atom. The van der Waals surface area contributed by atoms with Crippen LogP contribution in [0.3, 0.4) is 0 Å². The molecule has 0 aliphatic carbocycles.